The zero-order chi connectivity index (χ0) is 18.5. The van der Waals surface area contributed by atoms with Crippen molar-refractivity contribution in [3.05, 3.63) is 109 Å². The van der Waals surface area contributed by atoms with E-state index in [0.717, 1.165) is 33.5 Å². The number of aromatic nitrogens is 1. The van der Waals surface area contributed by atoms with E-state index >= 15 is 0 Å². The van der Waals surface area contributed by atoms with Crippen molar-refractivity contribution >= 4 is 5.57 Å². The molecule has 0 bridgehead atoms. The molecule has 0 fully saturated rings. The SMILES string of the molecule is C=C/C=C(\C=C)c1cccc(-c2cnc(-c3ccc(C)cc3)cc2C)c1. The highest BCUT2D eigenvalue weighted by molar-refractivity contribution is 5.79. The van der Waals surface area contributed by atoms with Crippen LogP contribution >= 0.6 is 0 Å². The molecule has 0 aliphatic carbocycles. The molecule has 0 spiro atoms. The smallest absolute Gasteiger partial charge is 0.0705 e. The molecule has 3 rings (SSSR count). The number of hydrogen-bond donors (Lipinski definition) is 0. The third kappa shape index (κ3) is 3.73. The van der Waals surface area contributed by atoms with Crippen LogP contribution in [-0.2, 0) is 0 Å². The number of allylic oxidation sites excluding steroid dienone is 4. The van der Waals surface area contributed by atoms with Gasteiger partial charge in [0.05, 0.1) is 5.69 Å². The zero-order valence-corrected chi connectivity index (χ0v) is 15.4. The Morgan fingerprint density at radius 3 is 2.35 bits per heavy atom. The Labute approximate surface area is 156 Å². The molecular formula is C25H23N. The Morgan fingerprint density at radius 2 is 1.69 bits per heavy atom. The highest BCUT2D eigenvalue weighted by Gasteiger charge is 2.07. The zero-order valence-electron chi connectivity index (χ0n) is 15.4. The fourth-order valence-electron chi connectivity index (χ4n) is 3.02. The monoisotopic (exact) mass is 337 g/mol. The van der Waals surface area contributed by atoms with Gasteiger partial charge in [-0.15, -0.1) is 0 Å². The lowest BCUT2D eigenvalue weighted by Gasteiger charge is -2.11. The third-order valence-corrected chi connectivity index (χ3v) is 4.48. The summed E-state index contributed by atoms with van der Waals surface area (Å²) < 4.78 is 0. The Hall–Kier alpha value is -3.19. The predicted octanol–water partition coefficient (Wildman–Crippen LogP) is 6.79. The number of pyridine rings is 1. The third-order valence-electron chi connectivity index (χ3n) is 4.48. The molecular weight excluding hydrogens is 314 g/mol. The molecule has 0 aliphatic heterocycles. The normalized spacial score (nSPS) is 11.2. The van der Waals surface area contributed by atoms with E-state index < -0.39 is 0 Å². The lowest BCUT2D eigenvalue weighted by Crippen LogP contribution is -1.91. The molecule has 0 radical (unpaired) electrons. The van der Waals surface area contributed by atoms with Gasteiger partial charge in [-0.2, -0.15) is 0 Å². The van der Waals surface area contributed by atoms with E-state index in [1.165, 1.54) is 11.1 Å². The summed E-state index contributed by atoms with van der Waals surface area (Å²) in [5, 5.41) is 0. The molecule has 0 saturated heterocycles. The summed E-state index contributed by atoms with van der Waals surface area (Å²) in [4.78, 5) is 4.70. The van der Waals surface area contributed by atoms with Gasteiger partial charge in [0, 0.05) is 17.3 Å². The fraction of sp³-hybridized carbons (Fsp3) is 0.0800. The minimum atomic E-state index is 1.00. The topological polar surface area (TPSA) is 12.9 Å². The molecule has 128 valence electrons. The van der Waals surface area contributed by atoms with Crippen LogP contribution in [0.1, 0.15) is 16.7 Å². The first-order valence-electron chi connectivity index (χ1n) is 8.72. The van der Waals surface area contributed by atoms with Gasteiger partial charge in [0.1, 0.15) is 0 Å². The molecule has 0 saturated carbocycles. The maximum atomic E-state index is 4.70. The number of hydrogen-bond acceptors (Lipinski definition) is 1. The second kappa shape index (κ2) is 7.79. The number of aryl methyl sites for hydroxylation is 2. The van der Waals surface area contributed by atoms with E-state index in [1.54, 1.807) is 6.08 Å². The van der Waals surface area contributed by atoms with Crippen LogP contribution in [0.25, 0.3) is 28.0 Å². The van der Waals surface area contributed by atoms with Gasteiger partial charge in [-0.25, -0.2) is 0 Å². The van der Waals surface area contributed by atoms with E-state index in [-0.39, 0.29) is 0 Å². The molecule has 3 aromatic rings. The van der Waals surface area contributed by atoms with Crippen molar-refractivity contribution in [2.24, 2.45) is 0 Å². The molecule has 0 aliphatic rings. The molecule has 0 unspecified atom stereocenters. The van der Waals surface area contributed by atoms with Crippen molar-refractivity contribution in [1.82, 2.24) is 4.98 Å². The van der Waals surface area contributed by atoms with Crippen molar-refractivity contribution in [3.63, 3.8) is 0 Å². The van der Waals surface area contributed by atoms with Gasteiger partial charge in [-0.1, -0.05) is 79.4 Å². The van der Waals surface area contributed by atoms with Crippen LogP contribution < -0.4 is 0 Å². The molecule has 2 aromatic carbocycles. The maximum absolute atomic E-state index is 4.70. The second-order valence-corrected chi connectivity index (χ2v) is 6.39. The molecule has 26 heavy (non-hydrogen) atoms. The van der Waals surface area contributed by atoms with Gasteiger partial charge in [-0.05, 0) is 48.2 Å². The minimum absolute atomic E-state index is 1.00. The first-order chi connectivity index (χ1) is 12.6. The second-order valence-electron chi connectivity index (χ2n) is 6.39. The van der Waals surface area contributed by atoms with Crippen molar-refractivity contribution in [1.29, 1.82) is 0 Å². The highest BCUT2D eigenvalue weighted by Crippen LogP contribution is 2.29. The van der Waals surface area contributed by atoms with Crippen LogP contribution in [0.2, 0.25) is 0 Å². The summed E-state index contributed by atoms with van der Waals surface area (Å²) in [6.07, 6.45) is 7.57. The summed E-state index contributed by atoms with van der Waals surface area (Å²) in [5.74, 6) is 0. The summed E-state index contributed by atoms with van der Waals surface area (Å²) in [7, 11) is 0. The summed E-state index contributed by atoms with van der Waals surface area (Å²) in [6.45, 7) is 11.9. The predicted molar refractivity (Wildman–Crippen MR) is 113 cm³/mol. The number of nitrogens with zero attached hydrogens (tertiary/aromatic N) is 1. The first kappa shape index (κ1) is 17.6. The van der Waals surface area contributed by atoms with Crippen LogP contribution in [0.3, 0.4) is 0 Å². The van der Waals surface area contributed by atoms with Gasteiger partial charge < -0.3 is 0 Å². The van der Waals surface area contributed by atoms with Crippen molar-refractivity contribution in [2.45, 2.75) is 13.8 Å². The van der Waals surface area contributed by atoms with Crippen LogP contribution in [0.5, 0.6) is 0 Å². The van der Waals surface area contributed by atoms with Gasteiger partial charge in [-0.3, -0.25) is 4.98 Å². The van der Waals surface area contributed by atoms with Gasteiger partial charge in [0.25, 0.3) is 0 Å². The Morgan fingerprint density at radius 1 is 0.923 bits per heavy atom. The lowest BCUT2D eigenvalue weighted by molar-refractivity contribution is 1.28. The van der Waals surface area contributed by atoms with E-state index in [9.17, 15) is 0 Å². The molecule has 0 atom stereocenters. The minimum Gasteiger partial charge on any atom is -0.256 e. The molecule has 0 N–H and O–H groups in total. The van der Waals surface area contributed by atoms with Crippen molar-refractivity contribution < 1.29 is 0 Å². The van der Waals surface area contributed by atoms with Crippen LogP contribution in [0, 0.1) is 13.8 Å². The Bertz CT molecular complexity index is 975. The Balaban J connectivity index is 2.00. The van der Waals surface area contributed by atoms with E-state index in [4.69, 9.17) is 4.98 Å². The highest BCUT2D eigenvalue weighted by atomic mass is 14.7. The average Bonchev–Trinajstić information content (AvgIpc) is 2.66. The van der Waals surface area contributed by atoms with Crippen molar-refractivity contribution in [3.8, 4) is 22.4 Å². The van der Waals surface area contributed by atoms with E-state index in [0.29, 0.717) is 0 Å². The molecule has 0 amide bonds. The molecule has 1 aromatic heterocycles. The van der Waals surface area contributed by atoms with Crippen molar-refractivity contribution in [2.75, 3.05) is 0 Å². The summed E-state index contributed by atoms with van der Waals surface area (Å²) in [5.41, 5.74) is 9.08. The van der Waals surface area contributed by atoms with Crippen LogP contribution in [0.15, 0.2) is 92.2 Å². The molecule has 1 heterocycles. The standard InChI is InChI=1S/C25H23N/c1-5-8-20(6-2)22-9-7-10-23(16-22)24-17-26-25(15-19(24)4)21-13-11-18(3)12-14-21/h5-17H,1-2H2,3-4H3/b20-8+. The summed E-state index contributed by atoms with van der Waals surface area (Å²) in [6, 6.07) is 19.1. The van der Waals surface area contributed by atoms with E-state index in [2.05, 4.69) is 81.6 Å². The molecule has 1 nitrogen and oxygen atoms in total. The van der Waals surface area contributed by atoms with Gasteiger partial charge in [0.15, 0.2) is 0 Å². The quantitative estimate of drug-likeness (QED) is 0.467. The Kier molecular flexibility index (Phi) is 5.28. The number of rotatable bonds is 5. The fourth-order valence-corrected chi connectivity index (χ4v) is 3.02. The summed E-state index contributed by atoms with van der Waals surface area (Å²) >= 11 is 0. The lowest BCUT2D eigenvalue weighted by atomic mass is 9.96. The van der Waals surface area contributed by atoms with Gasteiger partial charge >= 0.3 is 0 Å². The average molecular weight is 337 g/mol. The maximum Gasteiger partial charge on any atom is 0.0705 e. The van der Waals surface area contributed by atoms with Crippen LogP contribution in [0.4, 0.5) is 0 Å². The van der Waals surface area contributed by atoms with Gasteiger partial charge in [0.2, 0.25) is 0 Å². The van der Waals surface area contributed by atoms with E-state index in [1.807, 2.05) is 18.3 Å². The largest absolute Gasteiger partial charge is 0.256 e. The number of benzene rings is 2. The molecule has 1 heteroatoms. The van der Waals surface area contributed by atoms with Crippen LogP contribution in [-0.4, -0.2) is 4.98 Å². The first-order valence-corrected chi connectivity index (χ1v) is 8.72.